The Morgan fingerprint density at radius 3 is 2.30 bits per heavy atom. The monoisotopic (exact) mass is 621 g/mol. The van der Waals surface area contributed by atoms with Crippen molar-refractivity contribution in [2.75, 3.05) is 44.2 Å². The van der Waals surface area contributed by atoms with Crippen molar-refractivity contribution in [1.29, 1.82) is 5.41 Å². The minimum atomic E-state index is -0.322. The van der Waals surface area contributed by atoms with Crippen LogP contribution in [0.4, 0.5) is 10.1 Å². The zero-order valence-corrected chi connectivity index (χ0v) is 25.3. The Bertz CT molecular complexity index is 1880. The molecule has 46 heavy (non-hydrogen) atoms. The number of nitrogens with two attached hydrogens (primary N) is 1. The minimum Gasteiger partial charge on any atom is -0.370 e. The van der Waals surface area contributed by atoms with Crippen molar-refractivity contribution in [3.8, 4) is 22.4 Å². The Morgan fingerprint density at radius 1 is 0.913 bits per heavy atom. The number of benzene rings is 3. The standard InChI is InChI=1S/C34H36FN9O2/c35-27-10-12-28(13-11-27)42-16-18-43(19-17-42)32(46)26-8-6-25(7-9-26)30-22-44-21-29(31(45)41-34(44)40-30)24-4-2-23(3-5-24)20-38-14-1-15-39-33(36)37/h2-13,21-22,38H,1,14-20H2,(H4,36,37,39)(H,40,41,45). The number of aromatic amines is 1. The first-order valence-electron chi connectivity index (χ1n) is 15.2. The summed E-state index contributed by atoms with van der Waals surface area (Å²) in [6, 6.07) is 21.7. The van der Waals surface area contributed by atoms with Gasteiger partial charge in [0.1, 0.15) is 5.82 Å². The molecule has 236 valence electrons. The number of anilines is 1. The van der Waals surface area contributed by atoms with E-state index in [0.29, 0.717) is 56.2 Å². The molecule has 0 unspecified atom stereocenters. The highest BCUT2D eigenvalue weighted by Crippen LogP contribution is 2.23. The molecule has 1 amide bonds. The van der Waals surface area contributed by atoms with Gasteiger partial charge in [-0.25, -0.2) is 4.39 Å². The molecule has 1 aliphatic heterocycles. The van der Waals surface area contributed by atoms with Crippen LogP contribution in [-0.2, 0) is 6.54 Å². The second-order valence-corrected chi connectivity index (χ2v) is 11.3. The molecule has 3 aromatic carbocycles. The third kappa shape index (κ3) is 7.08. The fourth-order valence-corrected chi connectivity index (χ4v) is 5.56. The summed E-state index contributed by atoms with van der Waals surface area (Å²) in [7, 11) is 0. The number of hydrogen-bond acceptors (Lipinski definition) is 6. The molecule has 12 heteroatoms. The fraction of sp³-hybridized carbons (Fsp3) is 0.235. The summed E-state index contributed by atoms with van der Waals surface area (Å²) in [6.07, 6.45) is 4.51. The lowest BCUT2D eigenvalue weighted by Crippen LogP contribution is -2.48. The van der Waals surface area contributed by atoms with Crippen molar-refractivity contribution in [3.05, 3.63) is 112 Å². The number of carbonyl (C=O) groups is 1. The van der Waals surface area contributed by atoms with Crippen LogP contribution >= 0.6 is 0 Å². The van der Waals surface area contributed by atoms with Crippen LogP contribution in [-0.4, -0.2) is 70.4 Å². The number of imidazole rings is 1. The number of H-pyrrole nitrogens is 1. The third-order valence-corrected chi connectivity index (χ3v) is 8.11. The molecule has 1 aliphatic rings. The van der Waals surface area contributed by atoms with Crippen LogP contribution in [0.1, 0.15) is 22.3 Å². The van der Waals surface area contributed by atoms with Gasteiger partial charge in [-0.1, -0.05) is 36.4 Å². The smallest absolute Gasteiger partial charge is 0.282 e. The first kappa shape index (κ1) is 30.5. The second-order valence-electron chi connectivity index (χ2n) is 11.3. The fourth-order valence-electron chi connectivity index (χ4n) is 5.56. The number of guanidine groups is 1. The lowest BCUT2D eigenvalue weighted by atomic mass is 10.1. The van der Waals surface area contributed by atoms with Gasteiger partial charge in [-0.3, -0.25) is 19.4 Å². The van der Waals surface area contributed by atoms with E-state index in [-0.39, 0.29) is 23.2 Å². The van der Waals surface area contributed by atoms with Crippen molar-refractivity contribution >= 4 is 23.3 Å². The topological polar surface area (TPSA) is 148 Å². The Hall–Kier alpha value is -5.49. The van der Waals surface area contributed by atoms with E-state index in [9.17, 15) is 14.0 Å². The molecule has 0 bridgehead atoms. The van der Waals surface area contributed by atoms with Gasteiger partial charge in [0, 0.05) is 62.9 Å². The first-order valence-corrected chi connectivity index (χ1v) is 15.2. The Morgan fingerprint density at radius 2 is 1.61 bits per heavy atom. The van der Waals surface area contributed by atoms with E-state index in [2.05, 4.69) is 25.5 Å². The normalized spacial score (nSPS) is 13.2. The number of nitrogens with zero attached hydrogens (tertiary/aromatic N) is 4. The van der Waals surface area contributed by atoms with Crippen molar-refractivity contribution in [1.82, 2.24) is 29.9 Å². The van der Waals surface area contributed by atoms with Crippen LogP contribution < -0.4 is 26.8 Å². The maximum Gasteiger partial charge on any atom is 0.282 e. The molecule has 1 fully saturated rings. The third-order valence-electron chi connectivity index (χ3n) is 8.11. The summed E-state index contributed by atoms with van der Waals surface area (Å²) < 4.78 is 15.1. The number of fused-ring (bicyclic) bond motifs is 1. The van der Waals surface area contributed by atoms with Crippen molar-refractivity contribution < 1.29 is 9.18 Å². The minimum absolute atomic E-state index is 0.0235. The first-order chi connectivity index (χ1) is 22.3. The number of carbonyl (C=O) groups excluding carboxylic acids is 1. The lowest BCUT2D eigenvalue weighted by molar-refractivity contribution is 0.0747. The molecule has 0 spiro atoms. The van der Waals surface area contributed by atoms with Gasteiger partial charge >= 0.3 is 0 Å². The quantitative estimate of drug-likeness (QED) is 0.0912. The summed E-state index contributed by atoms with van der Waals surface area (Å²) in [5.74, 6) is 0.123. The van der Waals surface area contributed by atoms with Gasteiger partial charge in [-0.05, 0) is 66.1 Å². The summed E-state index contributed by atoms with van der Waals surface area (Å²) >= 11 is 0. The number of hydrogen-bond donors (Lipinski definition) is 5. The predicted molar refractivity (Wildman–Crippen MR) is 177 cm³/mol. The van der Waals surface area contributed by atoms with Gasteiger partial charge in [-0.15, -0.1) is 0 Å². The average Bonchev–Trinajstić information content (AvgIpc) is 3.49. The van der Waals surface area contributed by atoms with E-state index in [1.165, 1.54) is 12.1 Å². The van der Waals surface area contributed by atoms with E-state index in [1.807, 2.05) is 59.6 Å². The number of aromatic nitrogens is 3. The summed E-state index contributed by atoms with van der Waals surface area (Å²) in [6.45, 7) is 4.66. The molecule has 0 aliphatic carbocycles. The summed E-state index contributed by atoms with van der Waals surface area (Å²) in [5.41, 5.74) is 10.5. The van der Waals surface area contributed by atoms with Crippen molar-refractivity contribution in [3.63, 3.8) is 0 Å². The predicted octanol–water partition coefficient (Wildman–Crippen LogP) is 3.42. The van der Waals surface area contributed by atoms with E-state index in [0.717, 1.165) is 41.0 Å². The molecular weight excluding hydrogens is 585 g/mol. The Labute approximate surface area is 265 Å². The van der Waals surface area contributed by atoms with Gasteiger partial charge in [0.05, 0.1) is 11.3 Å². The molecule has 6 rings (SSSR count). The van der Waals surface area contributed by atoms with Crippen LogP contribution in [0.2, 0.25) is 0 Å². The van der Waals surface area contributed by atoms with Gasteiger partial charge in [0.2, 0.25) is 5.78 Å². The van der Waals surface area contributed by atoms with E-state index in [1.54, 1.807) is 22.7 Å². The van der Waals surface area contributed by atoms with Crippen LogP contribution in [0.3, 0.4) is 0 Å². The molecule has 6 N–H and O–H groups in total. The second kappa shape index (κ2) is 13.7. The number of nitrogens with one attached hydrogen (secondary N) is 4. The average molecular weight is 622 g/mol. The highest BCUT2D eigenvalue weighted by atomic mass is 19.1. The van der Waals surface area contributed by atoms with Gasteiger partial charge in [0.15, 0.2) is 5.96 Å². The maximum absolute atomic E-state index is 13.3. The summed E-state index contributed by atoms with van der Waals surface area (Å²) in [5, 5.41) is 13.3. The molecular formula is C34H36FN9O2. The summed E-state index contributed by atoms with van der Waals surface area (Å²) in [4.78, 5) is 37.6. The van der Waals surface area contributed by atoms with Gasteiger partial charge in [-0.2, -0.15) is 4.98 Å². The maximum atomic E-state index is 13.3. The number of halogens is 1. The van der Waals surface area contributed by atoms with E-state index < -0.39 is 0 Å². The van der Waals surface area contributed by atoms with Gasteiger partial charge < -0.3 is 31.2 Å². The highest BCUT2D eigenvalue weighted by molar-refractivity contribution is 5.95. The molecule has 11 nitrogen and oxygen atoms in total. The highest BCUT2D eigenvalue weighted by Gasteiger charge is 2.22. The molecule has 1 saturated heterocycles. The van der Waals surface area contributed by atoms with Crippen LogP contribution in [0, 0.1) is 11.2 Å². The Kier molecular flexibility index (Phi) is 9.06. The molecule has 0 atom stereocenters. The van der Waals surface area contributed by atoms with E-state index in [4.69, 9.17) is 11.1 Å². The largest absolute Gasteiger partial charge is 0.370 e. The number of amides is 1. The van der Waals surface area contributed by atoms with Crippen LogP contribution in [0.15, 0.2) is 90.0 Å². The van der Waals surface area contributed by atoms with Gasteiger partial charge in [0.25, 0.3) is 11.5 Å². The molecule has 0 saturated carbocycles. The molecule has 2 aromatic heterocycles. The zero-order valence-electron chi connectivity index (χ0n) is 25.3. The number of rotatable bonds is 10. The zero-order chi connectivity index (χ0) is 32.0. The number of piperazine rings is 1. The molecule has 5 aromatic rings. The van der Waals surface area contributed by atoms with E-state index >= 15 is 0 Å². The van der Waals surface area contributed by atoms with Crippen molar-refractivity contribution in [2.45, 2.75) is 13.0 Å². The van der Waals surface area contributed by atoms with Crippen LogP contribution in [0.25, 0.3) is 28.2 Å². The Balaban J connectivity index is 1.07. The van der Waals surface area contributed by atoms with Crippen LogP contribution in [0.5, 0.6) is 0 Å². The molecule has 3 heterocycles. The van der Waals surface area contributed by atoms with Crippen molar-refractivity contribution in [2.24, 2.45) is 5.73 Å². The SMILES string of the molecule is N=C(N)NCCCNCc1ccc(-c2cn3cc(-c4ccc(C(=O)N5CCN(c6ccc(F)cc6)CC5)cc4)[nH]c3nc2=O)cc1. The lowest BCUT2D eigenvalue weighted by Gasteiger charge is -2.36. The molecule has 0 radical (unpaired) electrons.